The van der Waals surface area contributed by atoms with Gasteiger partial charge >= 0.3 is 0 Å². The van der Waals surface area contributed by atoms with E-state index in [4.69, 9.17) is 0 Å². The van der Waals surface area contributed by atoms with Crippen molar-refractivity contribution in [1.29, 1.82) is 5.26 Å². The van der Waals surface area contributed by atoms with E-state index in [0.29, 0.717) is 10.6 Å². The Morgan fingerprint density at radius 1 is 1.40 bits per heavy atom. The molecule has 1 atom stereocenters. The zero-order chi connectivity index (χ0) is 17.8. The summed E-state index contributed by atoms with van der Waals surface area (Å²) in [5, 5.41) is 12.9. The Morgan fingerprint density at radius 2 is 2.16 bits per heavy atom. The predicted molar refractivity (Wildman–Crippen MR) is 101 cm³/mol. The van der Waals surface area contributed by atoms with Gasteiger partial charge in [-0.3, -0.25) is 9.59 Å². The van der Waals surface area contributed by atoms with Crippen LogP contribution in [-0.4, -0.2) is 35.6 Å². The van der Waals surface area contributed by atoms with Gasteiger partial charge in [-0.2, -0.15) is 5.26 Å². The molecule has 1 saturated heterocycles. The van der Waals surface area contributed by atoms with Crippen molar-refractivity contribution in [3.63, 3.8) is 0 Å². The van der Waals surface area contributed by atoms with E-state index in [1.807, 2.05) is 29.2 Å². The predicted octanol–water partition coefficient (Wildman–Crippen LogP) is 3.14. The molecule has 0 aliphatic carbocycles. The maximum atomic E-state index is 12.2. The van der Waals surface area contributed by atoms with E-state index < -0.39 is 0 Å². The minimum absolute atomic E-state index is 0.0612. The first-order chi connectivity index (χ1) is 12.1. The van der Waals surface area contributed by atoms with Gasteiger partial charge in [0.05, 0.1) is 22.4 Å². The topological polar surface area (TPSA) is 73.2 Å². The van der Waals surface area contributed by atoms with E-state index >= 15 is 0 Å². The van der Waals surface area contributed by atoms with E-state index in [0.717, 1.165) is 36.0 Å². The largest absolute Gasteiger partial charge is 0.342 e. The van der Waals surface area contributed by atoms with Gasteiger partial charge in [-0.1, -0.05) is 39.8 Å². The van der Waals surface area contributed by atoms with E-state index in [-0.39, 0.29) is 29.9 Å². The quantitative estimate of drug-likeness (QED) is 0.813. The summed E-state index contributed by atoms with van der Waals surface area (Å²) in [4.78, 5) is 26.2. The molecular formula is C18H18BrN3O2S. The summed E-state index contributed by atoms with van der Waals surface area (Å²) in [6.07, 6.45) is 2.33. The standard InChI is InChI=1S/C18H18BrN3O2S/c19-13-5-3-4-12(8-13)14-9-16(23)21-18(15(14)10-20)25-11-17(24)22-6-1-2-7-22/h3-5,8,14H,1-2,6-7,9,11H2,(H,21,23)/t14-/m1/s1. The summed E-state index contributed by atoms with van der Waals surface area (Å²) in [5.74, 6) is -0.0988. The lowest BCUT2D eigenvalue weighted by molar-refractivity contribution is -0.127. The molecule has 1 aromatic rings. The molecule has 0 bridgehead atoms. The molecule has 0 spiro atoms. The van der Waals surface area contributed by atoms with Crippen molar-refractivity contribution < 1.29 is 9.59 Å². The Balaban J connectivity index is 1.80. The molecule has 0 aromatic heterocycles. The minimum Gasteiger partial charge on any atom is -0.342 e. The van der Waals surface area contributed by atoms with Gasteiger partial charge in [0, 0.05) is 29.9 Å². The molecular weight excluding hydrogens is 402 g/mol. The number of nitrogens with one attached hydrogen (secondary N) is 1. The summed E-state index contributed by atoms with van der Waals surface area (Å²) < 4.78 is 0.909. The van der Waals surface area contributed by atoms with Crippen molar-refractivity contribution in [2.75, 3.05) is 18.8 Å². The molecule has 2 aliphatic rings. The zero-order valence-corrected chi connectivity index (χ0v) is 16.0. The Kier molecular flexibility index (Phi) is 5.82. The van der Waals surface area contributed by atoms with E-state index in [9.17, 15) is 14.9 Å². The average Bonchev–Trinajstić information content (AvgIpc) is 3.14. The normalized spacial score (nSPS) is 20.4. The molecule has 0 radical (unpaired) electrons. The number of halogens is 1. The summed E-state index contributed by atoms with van der Waals surface area (Å²) >= 11 is 4.69. The number of hydrogen-bond acceptors (Lipinski definition) is 4. The highest BCUT2D eigenvalue weighted by Gasteiger charge is 2.30. The first-order valence-corrected chi connectivity index (χ1v) is 9.96. The van der Waals surface area contributed by atoms with Gasteiger partial charge in [-0.15, -0.1) is 0 Å². The maximum Gasteiger partial charge on any atom is 0.232 e. The molecule has 1 fully saturated rings. The first-order valence-electron chi connectivity index (χ1n) is 8.18. The molecule has 5 nitrogen and oxygen atoms in total. The van der Waals surface area contributed by atoms with Crippen LogP contribution in [0, 0.1) is 11.3 Å². The molecule has 0 saturated carbocycles. The number of thioether (sulfide) groups is 1. The number of benzene rings is 1. The van der Waals surface area contributed by atoms with Crippen LogP contribution in [0.3, 0.4) is 0 Å². The Morgan fingerprint density at radius 3 is 2.84 bits per heavy atom. The van der Waals surface area contributed by atoms with Gasteiger partial charge in [-0.05, 0) is 30.5 Å². The van der Waals surface area contributed by atoms with Crippen LogP contribution in [0.5, 0.6) is 0 Å². The molecule has 2 heterocycles. The fraction of sp³-hybridized carbons (Fsp3) is 0.389. The Hall–Kier alpha value is -1.78. The van der Waals surface area contributed by atoms with Crippen LogP contribution in [0.2, 0.25) is 0 Å². The van der Waals surface area contributed by atoms with E-state index in [2.05, 4.69) is 27.3 Å². The van der Waals surface area contributed by atoms with Crippen molar-refractivity contribution in [1.82, 2.24) is 10.2 Å². The summed E-state index contributed by atoms with van der Waals surface area (Å²) in [6.45, 7) is 1.60. The monoisotopic (exact) mass is 419 g/mol. The van der Waals surface area contributed by atoms with Crippen LogP contribution in [0.1, 0.15) is 30.7 Å². The lowest BCUT2D eigenvalue weighted by Gasteiger charge is -2.25. The number of nitriles is 1. The van der Waals surface area contributed by atoms with E-state index in [1.165, 1.54) is 11.8 Å². The number of carbonyl (C=O) groups excluding carboxylic acids is 2. The highest BCUT2D eigenvalue weighted by atomic mass is 79.9. The second-order valence-electron chi connectivity index (χ2n) is 6.09. The zero-order valence-electron chi connectivity index (χ0n) is 13.6. The van der Waals surface area contributed by atoms with Crippen molar-refractivity contribution >= 4 is 39.5 Å². The number of nitrogens with zero attached hydrogens (tertiary/aromatic N) is 2. The number of rotatable bonds is 4. The molecule has 7 heteroatoms. The van der Waals surface area contributed by atoms with Gasteiger partial charge in [0.1, 0.15) is 0 Å². The summed E-state index contributed by atoms with van der Waals surface area (Å²) in [7, 11) is 0. The molecule has 3 rings (SSSR count). The molecule has 2 aliphatic heterocycles. The van der Waals surface area contributed by atoms with Crippen molar-refractivity contribution in [3.8, 4) is 6.07 Å². The third-order valence-electron chi connectivity index (χ3n) is 4.41. The average molecular weight is 420 g/mol. The van der Waals surface area contributed by atoms with Crippen LogP contribution < -0.4 is 5.32 Å². The highest BCUT2D eigenvalue weighted by Crippen LogP contribution is 2.36. The van der Waals surface area contributed by atoms with Crippen molar-refractivity contribution in [2.24, 2.45) is 0 Å². The van der Waals surface area contributed by atoms with E-state index in [1.54, 1.807) is 0 Å². The second kappa shape index (κ2) is 8.07. The number of amides is 2. The van der Waals surface area contributed by atoms with Crippen LogP contribution in [0.4, 0.5) is 0 Å². The first kappa shape index (κ1) is 18.0. The number of hydrogen-bond donors (Lipinski definition) is 1. The number of likely N-dealkylation sites (tertiary alicyclic amines) is 1. The third kappa shape index (κ3) is 4.25. The Labute approximate surface area is 159 Å². The SMILES string of the molecule is N#CC1=C(SCC(=O)N2CCCC2)NC(=O)C[C@@H]1c1cccc(Br)c1. The Bertz CT molecular complexity index is 766. The summed E-state index contributed by atoms with van der Waals surface area (Å²) in [6, 6.07) is 9.89. The number of carbonyl (C=O) groups is 2. The molecule has 1 aromatic carbocycles. The molecule has 1 N–H and O–H groups in total. The fourth-order valence-corrected chi connectivity index (χ4v) is 4.53. The second-order valence-corrected chi connectivity index (χ2v) is 7.99. The van der Waals surface area contributed by atoms with Crippen molar-refractivity contribution in [2.45, 2.75) is 25.2 Å². The molecule has 130 valence electrons. The number of allylic oxidation sites excluding steroid dienone is 1. The van der Waals surface area contributed by atoms with Gasteiger partial charge in [0.15, 0.2) is 0 Å². The van der Waals surface area contributed by atoms with Crippen LogP contribution in [0.15, 0.2) is 39.3 Å². The lowest BCUT2D eigenvalue weighted by Crippen LogP contribution is -2.33. The minimum atomic E-state index is -0.277. The van der Waals surface area contributed by atoms with Crippen molar-refractivity contribution in [3.05, 3.63) is 44.9 Å². The van der Waals surface area contributed by atoms with Gasteiger partial charge < -0.3 is 10.2 Å². The highest BCUT2D eigenvalue weighted by molar-refractivity contribution is 9.10. The van der Waals surface area contributed by atoms with Gasteiger partial charge in [0.25, 0.3) is 0 Å². The van der Waals surface area contributed by atoms with Crippen LogP contribution in [-0.2, 0) is 9.59 Å². The lowest BCUT2D eigenvalue weighted by atomic mass is 9.87. The smallest absolute Gasteiger partial charge is 0.232 e. The maximum absolute atomic E-state index is 12.2. The van der Waals surface area contributed by atoms with Gasteiger partial charge in [-0.25, -0.2) is 0 Å². The van der Waals surface area contributed by atoms with Crippen LogP contribution >= 0.6 is 27.7 Å². The third-order valence-corrected chi connectivity index (χ3v) is 5.90. The molecule has 0 unspecified atom stereocenters. The summed E-state index contributed by atoms with van der Waals surface area (Å²) in [5.41, 5.74) is 1.45. The fourth-order valence-electron chi connectivity index (χ4n) is 3.13. The van der Waals surface area contributed by atoms with Gasteiger partial charge in [0.2, 0.25) is 11.8 Å². The van der Waals surface area contributed by atoms with Crippen LogP contribution in [0.25, 0.3) is 0 Å². The molecule has 2 amide bonds. The molecule has 25 heavy (non-hydrogen) atoms.